The van der Waals surface area contributed by atoms with Crippen molar-refractivity contribution in [1.82, 2.24) is 15.0 Å². The Bertz CT molecular complexity index is 773. The normalized spacial score (nSPS) is 10.5. The topological polar surface area (TPSA) is 117 Å². The van der Waals surface area contributed by atoms with Crippen molar-refractivity contribution < 1.29 is 0 Å². The lowest BCUT2D eigenvalue weighted by molar-refractivity contribution is 1.01. The van der Waals surface area contributed by atoms with Crippen LogP contribution in [0.4, 0.5) is 5.95 Å². The lowest BCUT2D eigenvalue weighted by Crippen LogP contribution is -2.24. The van der Waals surface area contributed by atoms with Crippen LogP contribution < -0.4 is 11.2 Å². The molecule has 2 aromatic rings. The maximum Gasteiger partial charge on any atom is 0.203 e. The molecule has 0 aliphatic rings. The van der Waals surface area contributed by atoms with Crippen LogP contribution in [0, 0.1) is 6.92 Å². The Kier molecular flexibility index (Phi) is 4.95. The van der Waals surface area contributed by atoms with Gasteiger partial charge in [0.15, 0.2) is 10.3 Å². The molecule has 8 nitrogen and oxygen atoms in total. The molecule has 1 aromatic heterocycles. The highest BCUT2D eigenvalue weighted by molar-refractivity contribution is 7.80. The molecule has 0 radical (unpaired) electrons. The number of thiocarbonyl (C=S) groups is 1. The van der Waals surface area contributed by atoms with Gasteiger partial charge in [0.05, 0.1) is 6.21 Å². The van der Waals surface area contributed by atoms with Gasteiger partial charge in [0.2, 0.25) is 5.95 Å². The van der Waals surface area contributed by atoms with Gasteiger partial charge in [-0.15, -0.1) is 0 Å². The zero-order valence-electron chi connectivity index (χ0n) is 11.4. The molecule has 0 saturated heterocycles. The number of rotatable bonds is 4. The van der Waals surface area contributed by atoms with Crippen molar-refractivity contribution in [1.29, 1.82) is 0 Å². The predicted octanol–water partition coefficient (Wildman–Crippen LogP) is 2.94. The molecule has 0 fully saturated rings. The Morgan fingerprint density at radius 2 is 2.18 bits per heavy atom. The maximum absolute atomic E-state index is 8.67. The smallest absolute Gasteiger partial charge is 0.203 e. The van der Waals surface area contributed by atoms with E-state index in [1.165, 1.54) is 6.21 Å². The summed E-state index contributed by atoms with van der Waals surface area (Å²) < 4.78 is 1.58. The predicted molar refractivity (Wildman–Crippen MR) is 89.6 cm³/mol. The molecule has 10 heteroatoms. The van der Waals surface area contributed by atoms with Crippen molar-refractivity contribution in [3.8, 4) is 5.69 Å². The molecule has 0 aliphatic heterocycles. The van der Waals surface area contributed by atoms with Crippen LogP contribution in [0.25, 0.3) is 16.1 Å². The van der Waals surface area contributed by atoms with Crippen LogP contribution in [0.15, 0.2) is 34.5 Å². The molecule has 0 spiro atoms. The fraction of sp³-hybridized carbons (Fsp3) is 0.0833. The van der Waals surface area contributed by atoms with Crippen molar-refractivity contribution >= 4 is 41.1 Å². The summed E-state index contributed by atoms with van der Waals surface area (Å²) in [4.78, 5) is 6.78. The van der Waals surface area contributed by atoms with E-state index in [4.69, 9.17) is 22.9 Å². The molecule has 0 saturated carbocycles. The number of benzene rings is 1. The van der Waals surface area contributed by atoms with Gasteiger partial charge in [-0.1, -0.05) is 29.3 Å². The molecule has 3 N–H and O–H groups in total. The van der Waals surface area contributed by atoms with E-state index in [2.05, 4.69) is 37.8 Å². The number of aryl methyl sites for hydroxylation is 1. The van der Waals surface area contributed by atoms with Crippen molar-refractivity contribution in [3.63, 3.8) is 0 Å². The SMILES string of the molecule is Cc1ccc(-n2c(N=[N+]=[N-])nc(Cl)c2C=NNC(N)=S)cc1. The van der Waals surface area contributed by atoms with E-state index in [1.54, 1.807) is 4.57 Å². The minimum atomic E-state index is 0.0176. The average molecular weight is 335 g/mol. The Hall–Kier alpha value is -2.61. The number of hydrogen-bond acceptors (Lipinski definition) is 4. The first-order valence-electron chi connectivity index (χ1n) is 6.02. The van der Waals surface area contributed by atoms with Crippen molar-refractivity contribution in [2.75, 3.05) is 0 Å². The van der Waals surface area contributed by atoms with E-state index >= 15 is 0 Å². The van der Waals surface area contributed by atoms with Crippen LogP contribution in [-0.4, -0.2) is 20.9 Å². The molecule has 0 unspecified atom stereocenters. The summed E-state index contributed by atoms with van der Waals surface area (Å²) in [5.74, 6) is 0.105. The molecular weight excluding hydrogens is 324 g/mol. The van der Waals surface area contributed by atoms with Crippen LogP contribution >= 0.6 is 23.8 Å². The standard InChI is InChI=1S/C12H11ClN8S/c1-7-2-4-8(5-3-7)21-9(6-16-18-11(14)22)10(13)17-12(21)19-20-15/h2-6H,1H3,(H3,14,18,22). The Morgan fingerprint density at radius 3 is 2.77 bits per heavy atom. The van der Waals surface area contributed by atoms with Gasteiger partial charge in [0.1, 0.15) is 5.69 Å². The molecule has 0 bridgehead atoms. The minimum Gasteiger partial charge on any atom is -0.375 e. The number of halogens is 1. The number of azide groups is 1. The Balaban J connectivity index is 2.57. The first-order chi connectivity index (χ1) is 10.5. The third-order valence-corrected chi connectivity index (χ3v) is 3.01. The highest BCUT2D eigenvalue weighted by atomic mass is 35.5. The van der Waals surface area contributed by atoms with Gasteiger partial charge in [-0.2, -0.15) is 5.10 Å². The Labute approximate surface area is 136 Å². The second-order valence-corrected chi connectivity index (χ2v) is 4.98. The van der Waals surface area contributed by atoms with Crippen molar-refractivity contribution in [2.24, 2.45) is 15.9 Å². The van der Waals surface area contributed by atoms with Gasteiger partial charge >= 0.3 is 0 Å². The average Bonchev–Trinajstić information content (AvgIpc) is 2.76. The number of nitrogens with one attached hydrogen (secondary N) is 1. The number of hydrazone groups is 1. The van der Waals surface area contributed by atoms with E-state index in [1.807, 2.05) is 31.2 Å². The number of nitrogens with two attached hydrogens (primary N) is 1. The molecular formula is C12H11ClN8S. The number of nitrogens with zero attached hydrogens (tertiary/aromatic N) is 6. The largest absolute Gasteiger partial charge is 0.375 e. The summed E-state index contributed by atoms with van der Waals surface area (Å²) >= 11 is 10.7. The highest BCUT2D eigenvalue weighted by Gasteiger charge is 2.15. The van der Waals surface area contributed by atoms with Gasteiger partial charge in [0.25, 0.3) is 0 Å². The molecule has 0 atom stereocenters. The van der Waals surface area contributed by atoms with E-state index in [0.29, 0.717) is 5.69 Å². The first-order valence-corrected chi connectivity index (χ1v) is 6.80. The zero-order chi connectivity index (χ0) is 16.1. The van der Waals surface area contributed by atoms with E-state index in [-0.39, 0.29) is 16.2 Å². The molecule has 0 aliphatic carbocycles. The van der Waals surface area contributed by atoms with Crippen LogP contribution in [0.1, 0.15) is 11.3 Å². The van der Waals surface area contributed by atoms with Gasteiger partial charge in [-0.25, -0.2) is 4.98 Å². The van der Waals surface area contributed by atoms with E-state index in [9.17, 15) is 0 Å². The van der Waals surface area contributed by atoms with Crippen LogP contribution in [0.5, 0.6) is 0 Å². The fourth-order valence-electron chi connectivity index (χ4n) is 1.72. The molecule has 112 valence electrons. The minimum absolute atomic E-state index is 0.0176. The summed E-state index contributed by atoms with van der Waals surface area (Å²) in [7, 11) is 0. The summed E-state index contributed by atoms with van der Waals surface area (Å²) in [5, 5.41) is 7.56. The third-order valence-electron chi connectivity index (χ3n) is 2.64. The molecule has 1 aromatic carbocycles. The van der Waals surface area contributed by atoms with Gasteiger partial charge in [-0.3, -0.25) is 9.99 Å². The van der Waals surface area contributed by atoms with Gasteiger partial charge < -0.3 is 5.73 Å². The Morgan fingerprint density at radius 1 is 1.50 bits per heavy atom. The molecule has 1 heterocycles. The monoisotopic (exact) mass is 334 g/mol. The van der Waals surface area contributed by atoms with Crippen molar-refractivity contribution in [3.05, 3.63) is 51.1 Å². The summed E-state index contributed by atoms with van der Waals surface area (Å²) in [5.41, 5.74) is 18.6. The number of aromatic nitrogens is 2. The van der Waals surface area contributed by atoms with E-state index < -0.39 is 0 Å². The molecule has 2 rings (SSSR count). The van der Waals surface area contributed by atoms with E-state index in [0.717, 1.165) is 11.3 Å². The second-order valence-electron chi connectivity index (χ2n) is 4.18. The zero-order valence-corrected chi connectivity index (χ0v) is 13.0. The van der Waals surface area contributed by atoms with Crippen molar-refractivity contribution in [2.45, 2.75) is 6.92 Å². The molecule has 22 heavy (non-hydrogen) atoms. The van der Waals surface area contributed by atoms with Crippen LogP contribution in [0.2, 0.25) is 5.15 Å². The second kappa shape index (κ2) is 6.90. The quantitative estimate of drug-likeness (QED) is 0.223. The van der Waals surface area contributed by atoms with Crippen LogP contribution in [0.3, 0.4) is 0 Å². The van der Waals surface area contributed by atoms with Gasteiger partial charge in [-0.05, 0) is 41.9 Å². The third kappa shape index (κ3) is 3.53. The lowest BCUT2D eigenvalue weighted by atomic mass is 10.2. The number of imidazole rings is 1. The number of hydrogen-bond donors (Lipinski definition) is 2. The highest BCUT2D eigenvalue weighted by Crippen LogP contribution is 2.26. The van der Waals surface area contributed by atoms with Gasteiger partial charge in [0, 0.05) is 10.6 Å². The first kappa shape index (κ1) is 15.8. The summed E-state index contributed by atoms with van der Waals surface area (Å²) in [6.45, 7) is 1.97. The lowest BCUT2D eigenvalue weighted by Gasteiger charge is -2.08. The maximum atomic E-state index is 8.67. The molecule has 0 amide bonds. The summed E-state index contributed by atoms with van der Waals surface area (Å²) in [6, 6.07) is 7.53. The fourth-order valence-corrected chi connectivity index (χ4v) is 1.98. The van der Waals surface area contributed by atoms with Crippen LogP contribution in [-0.2, 0) is 0 Å². The summed E-state index contributed by atoms with van der Waals surface area (Å²) in [6.07, 6.45) is 1.39.